The van der Waals surface area contributed by atoms with E-state index in [4.69, 9.17) is 0 Å². The SMILES string of the molecule is O=C(CN1CCN(C(=O)c2cccc(S(=O)(=O)N3CCCC3)c2)CC1)N1CCCCC1. The third-order valence-corrected chi connectivity index (χ3v) is 8.41. The Kier molecular flexibility index (Phi) is 6.93. The molecule has 8 nitrogen and oxygen atoms in total. The number of likely N-dealkylation sites (tertiary alicyclic amines) is 1. The van der Waals surface area contributed by atoms with E-state index in [9.17, 15) is 18.0 Å². The maximum absolute atomic E-state index is 13.0. The first-order valence-electron chi connectivity index (χ1n) is 11.3. The largest absolute Gasteiger partial charge is 0.342 e. The van der Waals surface area contributed by atoms with Gasteiger partial charge < -0.3 is 9.80 Å². The number of sulfonamides is 1. The normalized spacial score (nSPS) is 21.4. The fraction of sp³-hybridized carbons (Fsp3) is 0.636. The van der Waals surface area contributed by atoms with Crippen LogP contribution >= 0.6 is 0 Å². The standard InChI is InChI=1S/C22H32N4O4S/c27-21(24-9-2-1-3-10-24)18-23-13-15-25(16-14-23)22(28)19-7-6-8-20(17-19)31(29,30)26-11-4-5-12-26/h6-8,17H,1-5,9-16,18H2. The van der Waals surface area contributed by atoms with Gasteiger partial charge in [0.05, 0.1) is 11.4 Å². The zero-order chi connectivity index (χ0) is 21.8. The van der Waals surface area contributed by atoms with Gasteiger partial charge in [-0.25, -0.2) is 8.42 Å². The summed E-state index contributed by atoms with van der Waals surface area (Å²) in [5, 5.41) is 0. The summed E-state index contributed by atoms with van der Waals surface area (Å²) in [7, 11) is -3.55. The van der Waals surface area contributed by atoms with Crippen molar-refractivity contribution in [3.63, 3.8) is 0 Å². The van der Waals surface area contributed by atoms with E-state index in [1.54, 1.807) is 23.1 Å². The van der Waals surface area contributed by atoms with E-state index in [0.29, 0.717) is 51.4 Å². The molecule has 4 rings (SSSR count). The van der Waals surface area contributed by atoms with Crippen LogP contribution in [0.5, 0.6) is 0 Å². The Morgan fingerprint density at radius 3 is 2.10 bits per heavy atom. The molecule has 2 amide bonds. The van der Waals surface area contributed by atoms with Crippen LogP contribution in [0.3, 0.4) is 0 Å². The zero-order valence-electron chi connectivity index (χ0n) is 18.0. The number of rotatable bonds is 5. The van der Waals surface area contributed by atoms with Gasteiger partial charge in [0.25, 0.3) is 5.91 Å². The van der Waals surface area contributed by atoms with Gasteiger partial charge in [0.15, 0.2) is 0 Å². The minimum Gasteiger partial charge on any atom is -0.342 e. The highest BCUT2D eigenvalue weighted by Crippen LogP contribution is 2.22. The Hall–Kier alpha value is -1.97. The van der Waals surface area contributed by atoms with Gasteiger partial charge in [-0.3, -0.25) is 14.5 Å². The van der Waals surface area contributed by atoms with Crippen LogP contribution in [0.4, 0.5) is 0 Å². The summed E-state index contributed by atoms with van der Waals surface area (Å²) in [5.41, 5.74) is 0.401. The Morgan fingerprint density at radius 1 is 0.774 bits per heavy atom. The lowest BCUT2D eigenvalue weighted by Crippen LogP contribution is -2.52. The highest BCUT2D eigenvalue weighted by Gasteiger charge is 2.29. The topological polar surface area (TPSA) is 81.2 Å². The number of nitrogens with zero attached hydrogens (tertiary/aromatic N) is 4. The lowest BCUT2D eigenvalue weighted by atomic mass is 10.1. The quantitative estimate of drug-likeness (QED) is 0.677. The summed E-state index contributed by atoms with van der Waals surface area (Å²) in [6.07, 6.45) is 5.12. The summed E-state index contributed by atoms with van der Waals surface area (Å²) in [6.45, 7) is 5.57. The second-order valence-electron chi connectivity index (χ2n) is 8.65. The number of amides is 2. The lowest BCUT2D eigenvalue weighted by molar-refractivity contribution is -0.133. The van der Waals surface area contributed by atoms with Crippen LogP contribution < -0.4 is 0 Å². The van der Waals surface area contributed by atoms with Crippen molar-refractivity contribution in [1.82, 2.24) is 19.0 Å². The van der Waals surface area contributed by atoms with Crippen molar-refractivity contribution in [3.8, 4) is 0 Å². The second kappa shape index (κ2) is 9.67. The van der Waals surface area contributed by atoms with Crippen molar-refractivity contribution in [2.75, 3.05) is 58.9 Å². The molecule has 3 fully saturated rings. The molecule has 3 heterocycles. The maximum Gasteiger partial charge on any atom is 0.253 e. The molecule has 3 saturated heterocycles. The number of piperidine rings is 1. The van der Waals surface area contributed by atoms with E-state index in [-0.39, 0.29) is 16.7 Å². The maximum atomic E-state index is 13.0. The predicted octanol–water partition coefficient (Wildman–Crippen LogP) is 1.24. The van der Waals surface area contributed by atoms with E-state index in [1.165, 1.54) is 16.8 Å². The lowest BCUT2D eigenvalue weighted by Gasteiger charge is -2.36. The van der Waals surface area contributed by atoms with Gasteiger partial charge in [-0.2, -0.15) is 4.31 Å². The molecule has 0 radical (unpaired) electrons. The van der Waals surface area contributed by atoms with Gasteiger partial charge in [-0.15, -0.1) is 0 Å². The number of hydrogen-bond donors (Lipinski definition) is 0. The van der Waals surface area contributed by atoms with E-state index < -0.39 is 10.0 Å². The van der Waals surface area contributed by atoms with Crippen LogP contribution in [-0.4, -0.2) is 98.1 Å². The molecule has 0 N–H and O–H groups in total. The van der Waals surface area contributed by atoms with Crippen molar-refractivity contribution in [1.29, 1.82) is 0 Å². The van der Waals surface area contributed by atoms with E-state index in [2.05, 4.69) is 4.90 Å². The molecule has 3 aliphatic rings. The van der Waals surface area contributed by atoms with Crippen molar-refractivity contribution < 1.29 is 18.0 Å². The van der Waals surface area contributed by atoms with Crippen LogP contribution in [0.2, 0.25) is 0 Å². The van der Waals surface area contributed by atoms with Gasteiger partial charge in [-0.05, 0) is 50.3 Å². The molecular formula is C22H32N4O4S. The van der Waals surface area contributed by atoms with Crippen molar-refractivity contribution in [2.24, 2.45) is 0 Å². The van der Waals surface area contributed by atoms with E-state index in [0.717, 1.165) is 38.8 Å². The molecule has 0 spiro atoms. The highest BCUT2D eigenvalue weighted by atomic mass is 32.2. The van der Waals surface area contributed by atoms with Crippen LogP contribution in [0.15, 0.2) is 29.2 Å². The average Bonchev–Trinajstić information content (AvgIpc) is 3.36. The minimum absolute atomic E-state index is 0.152. The second-order valence-corrected chi connectivity index (χ2v) is 10.6. The molecule has 9 heteroatoms. The third-order valence-electron chi connectivity index (χ3n) is 6.51. The highest BCUT2D eigenvalue weighted by molar-refractivity contribution is 7.89. The molecular weight excluding hydrogens is 416 g/mol. The fourth-order valence-electron chi connectivity index (χ4n) is 4.59. The molecule has 31 heavy (non-hydrogen) atoms. The van der Waals surface area contributed by atoms with Crippen LogP contribution in [0.1, 0.15) is 42.5 Å². The molecule has 1 aromatic carbocycles. The molecule has 0 aromatic heterocycles. The average molecular weight is 449 g/mol. The van der Waals surface area contributed by atoms with Crippen molar-refractivity contribution >= 4 is 21.8 Å². The molecule has 0 bridgehead atoms. The van der Waals surface area contributed by atoms with E-state index in [1.807, 2.05) is 4.90 Å². The summed E-state index contributed by atoms with van der Waals surface area (Å²) in [6, 6.07) is 6.39. The number of hydrogen-bond acceptors (Lipinski definition) is 5. The van der Waals surface area contributed by atoms with E-state index >= 15 is 0 Å². The third kappa shape index (κ3) is 5.10. The van der Waals surface area contributed by atoms with Crippen LogP contribution in [0, 0.1) is 0 Å². The van der Waals surface area contributed by atoms with Crippen LogP contribution in [-0.2, 0) is 14.8 Å². The molecule has 0 aliphatic carbocycles. The Labute approximate surface area is 184 Å². The number of carbonyl (C=O) groups excluding carboxylic acids is 2. The Bertz CT molecular complexity index is 900. The molecule has 0 saturated carbocycles. The Balaban J connectivity index is 1.34. The Morgan fingerprint density at radius 2 is 1.42 bits per heavy atom. The van der Waals surface area contributed by atoms with Gasteiger partial charge >= 0.3 is 0 Å². The molecule has 0 atom stereocenters. The minimum atomic E-state index is -3.55. The summed E-state index contributed by atoms with van der Waals surface area (Å²) in [5.74, 6) is 0.0276. The van der Waals surface area contributed by atoms with Gasteiger partial charge in [0.2, 0.25) is 15.9 Å². The van der Waals surface area contributed by atoms with Gasteiger partial charge in [0, 0.05) is 57.9 Å². The smallest absolute Gasteiger partial charge is 0.253 e. The number of piperazine rings is 1. The van der Waals surface area contributed by atoms with Crippen LogP contribution in [0.25, 0.3) is 0 Å². The summed E-state index contributed by atoms with van der Waals surface area (Å²) in [4.78, 5) is 31.5. The first kappa shape index (κ1) is 22.2. The summed E-state index contributed by atoms with van der Waals surface area (Å²) >= 11 is 0. The first-order chi connectivity index (χ1) is 14.9. The van der Waals surface area contributed by atoms with Crippen molar-refractivity contribution in [2.45, 2.75) is 37.0 Å². The molecule has 1 aromatic rings. The van der Waals surface area contributed by atoms with Gasteiger partial charge in [-0.1, -0.05) is 6.07 Å². The fourth-order valence-corrected chi connectivity index (χ4v) is 6.16. The number of benzene rings is 1. The predicted molar refractivity (Wildman–Crippen MR) is 117 cm³/mol. The molecule has 170 valence electrons. The summed E-state index contributed by atoms with van der Waals surface area (Å²) < 4.78 is 27.1. The zero-order valence-corrected chi connectivity index (χ0v) is 18.9. The van der Waals surface area contributed by atoms with Crippen molar-refractivity contribution in [3.05, 3.63) is 29.8 Å². The first-order valence-corrected chi connectivity index (χ1v) is 12.8. The molecule has 0 unspecified atom stereocenters. The molecule has 3 aliphatic heterocycles. The number of carbonyl (C=O) groups is 2. The van der Waals surface area contributed by atoms with Gasteiger partial charge in [0.1, 0.15) is 0 Å². The monoisotopic (exact) mass is 448 g/mol.